The first kappa shape index (κ1) is 15.1. The molecule has 118 valence electrons. The molecule has 0 spiro atoms. The van der Waals surface area contributed by atoms with E-state index >= 15 is 0 Å². The summed E-state index contributed by atoms with van der Waals surface area (Å²) in [5.41, 5.74) is 7.40. The van der Waals surface area contributed by atoms with Crippen molar-refractivity contribution in [3.05, 3.63) is 59.7 Å². The molecule has 0 aliphatic heterocycles. The lowest BCUT2D eigenvalue weighted by atomic mass is 10.1. The molecule has 0 heterocycles. The van der Waals surface area contributed by atoms with Gasteiger partial charge in [0.1, 0.15) is 12.4 Å². The molecular weight excluding hydrogens is 292 g/mol. The van der Waals surface area contributed by atoms with Crippen molar-refractivity contribution >= 4 is 17.5 Å². The van der Waals surface area contributed by atoms with Gasteiger partial charge in [-0.15, -0.1) is 0 Å². The van der Waals surface area contributed by atoms with Crippen LogP contribution in [-0.4, -0.2) is 11.8 Å². The molecule has 0 aromatic heterocycles. The SMILES string of the molecule is NC(=O)c1ccc(COc2ccc(NC(=O)C3CC3)cc2)cc1. The minimum absolute atomic E-state index is 0.0909. The number of carbonyl (C=O) groups is 2. The minimum Gasteiger partial charge on any atom is -0.489 e. The molecule has 0 atom stereocenters. The smallest absolute Gasteiger partial charge is 0.248 e. The van der Waals surface area contributed by atoms with Crippen LogP contribution < -0.4 is 15.8 Å². The summed E-state index contributed by atoms with van der Waals surface area (Å²) < 4.78 is 5.68. The molecule has 2 aromatic carbocycles. The molecule has 5 heteroatoms. The Morgan fingerprint density at radius 3 is 2.26 bits per heavy atom. The first-order chi connectivity index (χ1) is 11.1. The predicted octanol–water partition coefficient (Wildman–Crippen LogP) is 2.71. The lowest BCUT2D eigenvalue weighted by molar-refractivity contribution is -0.117. The van der Waals surface area contributed by atoms with E-state index in [0.717, 1.165) is 24.1 Å². The van der Waals surface area contributed by atoms with Crippen LogP contribution in [0.3, 0.4) is 0 Å². The van der Waals surface area contributed by atoms with E-state index in [2.05, 4.69) is 5.32 Å². The third kappa shape index (κ3) is 4.10. The molecule has 1 saturated carbocycles. The molecule has 23 heavy (non-hydrogen) atoms. The van der Waals surface area contributed by atoms with Crippen LogP contribution in [0.4, 0.5) is 5.69 Å². The van der Waals surface area contributed by atoms with Crippen molar-refractivity contribution in [3.63, 3.8) is 0 Å². The Kier molecular flexibility index (Phi) is 4.28. The molecule has 5 nitrogen and oxygen atoms in total. The summed E-state index contributed by atoms with van der Waals surface area (Å²) in [6, 6.07) is 14.3. The molecule has 0 saturated heterocycles. The van der Waals surface area contributed by atoms with E-state index in [0.29, 0.717) is 17.9 Å². The molecule has 2 amide bonds. The normalized spacial score (nSPS) is 13.4. The second-order valence-electron chi connectivity index (χ2n) is 5.64. The molecule has 1 aliphatic rings. The van der Waals surface area contributed by atoms with Gasteiger partial charge in [-0.05, 0) is 54.8 Å². The van der Waals surface area contributed by atoms with E-state index in [-0.39, 0.29) is 11.8 Å². The fourth-order valence-electron chi connectivity index (χ4n) is 2.16. The first-order valence-corrected chi connectivity index (χ1v) is 7.54. The van der Waals surface area contributed by atoms with Crippen molar-refractivity contribution in [1.82, 2.24) is 0 Å². The maximum Gasteiger partial charge on any atom is 0.248 e. The maximum atomic E-state index is 11.7. The summed E-state index contributed by atoms with van der Waals surface area (Å²) in [5.74, 6) is 0.553. The second-order valence-corrected chi connectivity index (χ2v) is 5.64. The zero-order valence-corrected chi connectivity index (χ0v) is 12.6. The fraction of sp³-hybridized carbons (Fsp3) is 0.222. The molecule has 0 bridgehead atoms. The van der Waals surface area contributed by atoms with Crippen molar-refractivity contribution in [2.75, 3.05) is 5.32 Å². The fourth-order valence-corrected chi connectivity index (χ4v) is 2.16. The van der Waals surface area contributed by atoms with Crippen LogP contribution in [0.15, 0.2) is 48.5 Å². The van der Waals surface area contributed by atoms with Crippen LogP contribution in [0.2, 0.25) is 0 Å². The molecule has 0 unspecified atom stereocenters. The average Bonchev–Trinajstić information content (AvgIpc) is 3.39. The zero-order valence-electron chi connectivity index (χ0n) is 12.6. The number of hydrogen-bond donors (Lipinski definition) is 2. The summed E-state index contributed by atoms with van der Waals surface area (Å²) in [6.07, 6.45) is 1.98. The molecule has 2 aromatic rings. The van der Waals surface area contributed by atoms with E-state index in [4.69, 9.17) is 10.5 Å². The van der Waals surface area contributed by atoms with Gasteiger partial charge in [-0.2, -0.15) is 0 Å². The number of ether oxygens (including phenoxy) is 1. The van der Waals surface area contributed by atoms with E-state index in [1.807, 2.05) is 36.4 Å². The Hall–Kier alpha value is -2.82. The molecule has 1 fully saturated rings. The second kappa shape index (κ2) is 6.52. The number of carbonyl (C=O) groups excluding carboxylic acids is 2. The topological polar surface area (TPSA) is 81.4 Å². The molecule has 3 rings (SSSR count). The van der Waals surface area contributed by atoms with E-state index in [1.54, 1.807) is 12.1 Å². The summed E-state index contributed by atoms with van der Waals surface area (Å²) in [5, 5.41) is 2.88. The highest BCUT2D eigenvalue weighted by Crippen LogP contribution is 2.30. The zero-order chi connectivity index (χ0) is 16.2. The van der Waals surface area contributed by atoms with Gasteiger partial charge >= 0.3 is 0 Å². The number of nitrogens with two attached hydrogens (primary N) is 1. The highest BCUT2D eigenvalue weighted by Gasteiger charge is 2.29. The number of primary amides is 1. The average molecular weight is 310 g/mol. The Bertz CT molecular complexity index is 704. The van der Waals surface area contributed by atoms with Crippen molar-refractivity contribution in [1.29, 1.82) is 0 Å². The summed E-state index contributed by atoms with van der Waals surface area (Å²) in [4.78, 5) is 22.7. The number of amides is 2. The quantitative estimate of drug-likeness (QED) is 0.860. The highest BCUT2D eigenvalue weighted by atomic mass is 16.5. The van der Waals surface area contributed by atoms with Crippen molar-refractivity contribution in [3.8, 4) is 5.75 Å². The number of nitrogens with one attached hydrogen (secondary N) is 1. The molecule has 0 radical (unpaired) electrons. The first-order valence-electron chi connectivity index (χ1n) is 7.54. The van der Waals surface area contributed by atoms with Crippen LogP contribution in [0.5, 0.6) is 5.75 Å². The van der Waals surface area contributed by atoms with E-state index in [1.165, 1.54) is 0 Å². The van der Waals surface area contributed by atoms with Gasteiger partial charge in [0.15, 0.2) is 0 Å². The third-order valence-corrected chi connectivity index (χ3v) is 3.71. The van der Waals surface area contributed by atoms with Crippen molar-refractivity contribution < 1.29 is 14.3 Å². The van der Waals surface area contributed by atoms with Crippen LogP contribution in [-0.2, 0) is 11.4 Å². The van der Waals surface area contributed by atoms with Crippen LogP contribution in [0.25, 0.3) is 0 Å². The Balaban J connectivity index is 1.53. The highest BCUT2D eigenvalue weighted by molar-refractivity contribution is 5.94. The van der Waals surface area contributed by atoms with E-state index in [9.17, 15) is 9.59 Å². The van der Waals surface area contributed by atoms with Gasteiger partial charge in [-0.3, -0.25) is 9.59 Å². The van der Waals surface area contributed by atoms with E-state index < -0.39 is 5.91 Å². The van der Waals surface area contributed by atoms with Gasteiger partial charge in [-0.25, -0.2) is 0 Å². The summed E-state index contributed by atoms with van der Waals surface area (Å²) >= 11 is 0. The maximum absolute atomic E-state index is 11.7. The third-order valence-electron chi connectivity index (χ3n) is 3.71. The molecule has 3 N–H and O–H groups in total. The Labute approximate surface area is 134 Å². The van der Waals surface area contributed by atoms with Gasteiger partial charge in [0.2, 0.25) is 11.8 Å². The lowest BCUT2D eigenvalue weighted by Gasteiger charge is -2.08. The van der Waals surface area contributed by atoms with Gasteiger partial charge in [0.05, 0.1) is 0 Å². The van der Waals surface area contributed by atoms with Gasteiger partial charge in [-0.1, -0.05) is 12.1 Å². The Morgan fingerprint density at radius 2 is 1.70 bits per heavy atom. The van der Waals surface area contributed by atoms with Crippen LogP contribution in [0, 0.1) is 5.92 Å². The van der Waals surface area contributed by atoms with Gasteiger partial charge in [0.25, 0.3) is 0 Å². The largest absolute Gasteiger partial charge is 0.489 e. The molecular formula is C18H18N2O3. The van der Waals surface area contributed by atoms with Crippen LogP contribution >= 0.6 is 0 Å². The van der Waals surface area contributed by atoms with Crippen molar-refractivity contribution in [2.24, 2.45) is 11.7 Å². The van der Waals surface area contributed by atoms with Gasteiger partial charge < -0.3 is 15.8 Å². The standard InChI is InChI=1S/C18H18N2O3/c19-17(21)13-3-1-12(2-4-13)11-23-16-9-7-15(8-10-16)20-18(22)14-5-6-14/h1-4,7-10,14H,5-6,11H2,(H2,19,21)(H,20,22). The number of hydrogen-bond acceptors (Lipinski definition) is 3. The molecule has 1 aliphatic carbocycles. The monoisotopic (exact) mass is 310 g/mol. The Morgan fingerprint density at radius 1 is 1.04 bits per heavy atom. The minimum atomic E-state index is -0.443. The van der Waals surface area contributed by atoms with Gasteiger partial charge in [0, 0.05) is 17.2 Å². The van der Waals surface area contributed by atoms with Crippen LogP contribution in [0.1, 0.15) is 28.8 Å². The predicted molar refractivity (Wildman–Crippen MR) is 87.1 cm³/mol. The number of anilines is 1. The van der Waals surface area contributed by atoms with Crippen molar-refractivity contribution in [2.45, 2.75) is 19.4 Å². The summed E-state index contributed by atoms with van der Waals surface area (Å²) in [6.45, 7) is 0.396. The number of rotatable bonds is 6. The number of benzene rings is 2. The lowest BCUT2D eigenvalue weighted by Crippen LogP contribution is -2.13. The summed E-state index contributed by atoms with van der Waals surface area (Å²) in [7, 11) is 0.